The van der Waals surface area contributed by atoms with E-state index in [2.05, 4.69) is 31.2 Å². The largest absolute Gasteiger partial charge is 0.495 e. The molecule has 8 nitrogen and oxygen atoms in total. The van der Waals surface area contributed by atoms with Crippen LogP contribution >= 0.6 is 12.2 Å². The summed E-state index contributed by atoms with van der Waals surface area (Å²) in [5.41, 5.74) is 3.65. The van der Waals surface area contributed by atoms with Crippen LogP contribution in [0.4, 0.5) is 11.4 Å². The summed E-state index contributed by atoms with van der Waals surface area (Å²) in [5.74, 6) is 1.20. The first-order valence-corrected chi connectivity index (χ1v) is 13.4. The molecule has 2 aromatic heterocycles. The van der Waals surface area contributed by atoms with Crippen molar-refractivity contribution >= 4 is 34.6 Å². The molecule has 5 rings (SSSR count). The van der Waals surface area contributed by atoms with Crippen LogP contribution in [0.15, 0.2) is 85.2 Å². The lowest BCUT2D eigenvalue weighted by molar-refractivity contribution is -0.123. The summed E-state index contributed by atoms with van der Waals surface area (Å²) in [6.45, 7) is 5.62. The second-order valence-corrected chi connectivity index (χ2v) is 10.9. The van der Waals surface area contributed by atoms with Crippen molar-refractivity contribution in [1.82, 2.24) is 14.9 Å². The smallest absolute Gasteiger partial charge is 0.229 e. The van der Waals surface area contributed by atoms with Crippen molar-refractivity contribution < 1.29 is 14.3 Å². The Morgan fingerprint density at radius 1 is 0.975 bits per heavy atom. The number of pyridine rings is 1. The Morgan fingerprint density at radius 3 is 2.42 bits per heavy atom. The molecule has 1 fully saturated rings. The Morgan fingerprint density at radius 2 is 1.73 bits per heavy atom. The highest BCUT2D eigenvalue weighted by molar-refractivity contribution is 7.80. The van der Waals surface area contributed by atoms with Crippen LogP contribution in [0.1, 0.15) is 44.2 Å². The van der Waals surface area contributed by atoms with Crippen molar-refractivity contribution in [2.24, 2.45) is 5.41 Å². The number of rotatable bonds is 7. The maximum atomic E-state index is 12.7. The van der Waals surface area contributed by atoms with Crippen LogP contribution in [0.3, 0.4) is 0 Å². The summed E-state index contributed by atoms with van der Waals surface area (Å²) in [6.07, 6.45) is 3.81. The van der Waals surface area contributed by atoms with E-state index in [9.17, 15) is 4.79 Å². The van der Waals surface area contributed by atoms with E-state index < -0.39 is 5.41 Å². The van der Waals surface area contributed by atoms with Crippen molar-refractivity contribution in [2.75, 3.05) is 24.4 Å². The summed E-state index contributed by atoms with van der Waals surface area (Å²) in [7, 11) is 3.26. The van der Waals surface area contributed by atoms with Gasteiger partial charge >= 0.3 is 0 Å². The Labute approximate surface area is 239 Å². The highest BCUT2D eigenvalue weighted by Gasteiger charge is 2.42. The number of carbonyl (C=O) groups excluding carboxylic acids is 1. The molecular weight excluding hydrogens is 522 g/mol. The number of amides is 1. The molecule has 2 unspecified atom stereocenters. The van der Waals surface area contributed by atoms with Crippen LogP contribution in [-0.4, -0.2) is 34.8 Å². The number of ether oxygens (including phenoxy) is 2. The summed E-state index contributed by atoms with van der Waals surface area (Å²) < 4.78 is 13.5. The Hall–Kier alpha value is -4.37. The lowest BCUT2D eigenvalue weighted by atomic mass is 9.95. The van der Waals surface area contributed by atoms with E-state index in [4.69, 9.17) is 21.7 Å². The average molecular weight is 556 g/mol. The normalized spacial score (nSPS) is 16.9. The van der Waals surface area contributed by atoms with Gasteiger partial charge in [-0.05, 0) is 60.7 Å². The fourth-order valence-corrected chi connectivity index (χ4v) is 5.21. The average Bonchev–Trinajstić information content (AvgIpc) is 3.57. The van der Waals surface area contributed by atoms with Gasteiger partial charge in [-0.1, -0.05) is 39.0 Å². The van der Waals surface area contributed by atoms with Gasteiger partial charge in [0, 0.05) is 35.3 Å². The number of nitrogens with zero attached hydrogens (tertiary/aromatic N) is 3. The minimum atomic E-state index is -0.547. The van der Waals surface area contributed by atoms with Crippen LogP contribution in [0, 0.1) is 5.41 Å². The number of methoxy groups -OCH3 is 2. The molecule has 2 atom stereocenters. The third-order valence-corrected chi connectivity index (χ3v) is 7.23. The van der Waals surface area contributed by atoms with Gasteiger partial charge in [-0.25, -0.2) is 0 Å². The van der Waals surface area contributed by atoms with Gasteiger partial charge in [0.15, 0.2) is 5.11 Å². The van der Waals surface area contributed by atoms with Crippen LogP contribution in [-0.2, 0) is 4.79 Å². The van der Waals surface area contributed by atoms with Crippen LogP contribution in [0.5, 0.6) is 11.5 Å². The zero-order valence-corrected chi connectivity index (χ0v) is 24.0. The SMILES string of the molecule is COc1cc(N2C(=S)NC(c3ccccn3)C2c2cccn2-c2ccccc2OC)ccc1NC(=O)C(C)(C)C. The summed E-state index contributed by atoms with van der Waals surface area (Å²) in [4.78, 5) is 19.4. The predicted octanol–water partition coefficient (Wildman–Crippen LogP) is 6.05. The van der Waals surface area contributed by atoms with Gasteiger partial charge in [0.05, 0.1) is 37.3 Å². The molecule has 0 spiro atoms. The quantitative estimate of drug-likeness (QED) is 0.269. The molecule has 0 bridgehead atoms. The molecule has 0 aliphatic carbocycles. The van der Waals surface area contributed by atoms with E-state index in [1.54, 1.807) is 20.4 Å². The molecule has 40 heavy (non-hydrogen) atoms. The summed E-state index contributed by atoms with van der Waals surface area (Å²) in [6, 6.07) is 23.1. The number of nitrogens with one attached hydrogen (secondary N) is 2. The monoisotopic (exact) mass is 555 g/mol. The van der Waals surface area contributed by atoms with Crippen LogP contribution in [0.25, 0.3) is 5.69 Å². The fraction of sp³-hybridized carbons (Fsp3) is 0.258. The van der Waals surface area contributed by atoms with Crippen molar-refractivity contribution in [1.29, 1.82) is 0 Å². The Balaban J connectivity index is 1.62. The van der Waals surface area contributed by atoms with Crippen LogP contribution in [0.2, 0.25) is 0 Å². The fourth-order valence-electron chi connectivity index (χ4n) is 4.86. The van der Waals surface area contributed by atoms with E-state index in [0.29, 0.717) is 16.5 Å². The molecule has 2 aromatic carbocycles. The van der Waals surface area contributed by atoms with Gasteiger partial charge in [-0.3, -0.25) is 9.78 Å². The minimum Gasteiger partial charge on any atom is -0.495 e. The molecule has 0 radical (unpaired) electrons. The standard InChI is InChI=1S/C31H33N5O3S/c1-31(2,3)29(37)33-21-16-15-20(19-26(21)39-5)36-28(27(34-30(36)40)22-11-8-9-17-32-22)24-13-10-18-35(24)23-12-6-7-14-25(23)38-4/h6-19,27-28H,1-5H3,(H,33,37)(H,34,40). The number of benzene rings is 2. The Kier molecular flexibility index (Phi) is 7.49. The van der Waals surface area contributed by atoms with E-state index in [1.807, 2.05) is 93.7 Å². The highest BCUT2D eigenvalue weighted by Crippen LogP contribution is 2.44. The van der Waals surface area contributed by atoms with E-state index >= 15 is 0 Å². The highest BCUT2D eigenvalue weighted by atomic mass is 32.1. The molecule has 1 aliphatic rings. The first kappa shape index (κ1) is 27.2. The number of thiocarbonyl (C=S) groups is 1. The molecule has 1 aliphatic heterocycles. The summed E-state index contributed by atoms with van der Waals surface area (Å²) in [5, 5.41) is 7.05. The lowest BCUT2D eigenvalue weighted by Crippen LogP contribution is -2.30. The van der Waals surface area contributed by atoms with Crippen molar-refractivity contribution in [3.63, 3.8) is 0 Å². The van der Waals surface area contributed by atoms with E-state index in [-0.39, 0.29) is 18.0 Å². The van der Waals surface area contributed by atoms with Crippen molar-refractivity contribution in [3.05, 3.63) is 96.6 Å². The first-order valence-electron chi connectivity index (χ1n) is 13.0. The van der Waals surface area contributed by atoms with Gasteiger partial charge in [0.1, 0.15) is 17.5 Å². The maximum absolute atomic E-state index is 12.7. The molecule has 1 amide bonds. The number of hydrogen-bond donors (Lipinski definition) is 2. The molecule has 9 heteroatoms. The molecule has 0 saturated carbocycles. The molecule has 4 aromatic rings. The second-order valence-electron chi connectivity index (χ2n) is 10.6. The maximum Gasteiger partial charge on any atom is 0.229 e. The van der Waals surface area contributed by atoms with Gasteiger partial charge in [-0.2, -0.15) is 0 Å². The zero-order chi connectivity index (χ0) is 28.4. The zero-order valence-electron chi connectivity index (χ0n) is 23.2. The first-order chi connectivity index (χ1) is 19.2. The number of para-hydroxylation sites is 2. The van der Waals surface area contributed by atoms with E-state index in [0.717, 1.165) is 28.5 Å². The minimum absolute atomic E-state index is 0.0976. The van der Waals surface area contributed by atoms with Gasteiger partial charge in [0.2, 0.25) is 5.91 Å². The molecule has 3 heterocycles. The van der Waals surface area contributed by atoms with E-state index in [1.165, 1.54) is 0 Å². The molecule has 2 N–H and O–H groups in total. The molecule has 206 valence electrons. The van der Waals surface area contributed by atoms with Gasteiger partial charge in [0.25, 0.3) is 0 Å². The number of anilines is 2. The molecule has 1 saturated heterocycles. The van der Waals surface area contributed by atoms with Gasteiger partial charge < -0.3 is 29.6 Å². The number of hydrogen-bond acceptors (Lipinski definition) is 5. The molecular formula is C31H33N5O3S. The number of carbonyl (C=O) groups is 1. The predicted molar refractivity (Wildman–Crippen MR) is 161 cm³/mol. The summed E-state index contributed by atoms with van der Waals surface area (Å²) >= 11 is 5.93. The lowest BCUT2D eigenvalue weighted by Gasteiger charge is -2.30. The Bertz CT molecular complexity index is 1530. The van der Waals surface area contributed by atoms with Crippen molar-refractivity contribution in [2.45, 2.75) is 32.9 Å². The van der Waals surface area contributed by atoms with Gasteiger partial charge in [-0.15, -0.1) is 0 Å². The second kappa shape index (κ2) is 11.0. The van der Waals surface area contributed by atoms with Crippen molar-refractivity contribution in [3.8, 4) is 17.2 Å². The third-order valence-electron chi connectivity index (χ3n) is 6.92. The van der Waals surface area contributed by atoms with Crippen LogP contribution < -0.4 is 25.0 Å². The number of aromatic nitrogens is 2. The topological polar surface area (TPSA) is 80.7 Å². The third kappa shape index (κ3) is 5.12.